The third kappa shape index (κ3) is 4.89. The minimum absolute atomic E-state index is 0.343. The van der Waals surface area contributed by atoms with Crippen LogP contribution in [0.15, 0.2) is 24.3 Å². The van der Waals surface area contributed by atoms with E-state index >= 15 is 0 Å². The fraction of sp³-hybridized carbons (Fsp3) is 0.500. The lowest BCUT2D eigenvalue weighted by molar-refractivity contribution is -0.153. The van der Waals surface area contributed by atoms with Gasteiger partial charge in [0, 0.05) is 0 Å². The van der Waals surface area contributed by atoms with E-state index in [0.29, 0.717) is 17.9 Å². The van der Waals surface area contributed by atoms with Crippen LogP contribution in [0, 0.1) is 0 Å². The largest absolute Gasteiger partial charge is 0.494 e. The normalized spacial score (nSPS) is 13.8. The first-order valence-corrected chi connectivity index (χ1v) is 6.38. The molecule has 0 radical (unpaired) electrons. The number of ether oxygens (including phenoxy) is 1. The van der Waals surface area contributed by atoms with Crippen LogP contribution in [0.4, 0.5) is 0 Å². The fourth-order valence-corrected chi connectivity index (χ4v) is 1.62. The molecule has 3 N–H and O–H groups in total. The highest BCUT2D eigenvalue weighted by molar-refractivity contribution is 5.73. The Labute approximate surface area is 112 Å². The van der Waals surface area contributed by atoms with Crippen molar-refractivity contribution >= 4 is 5.97 Å². The average Bonchev–Trinajstić information content (AvgIpc) is 2.42. The molecule has 0 aromatic heterocycles. The summed E-state index contributed by atoms with van der Waals surface area (Å²) in [6.45, 7) is 2.75. The van der Waals surface area contributed by atoms with E-state index < -0.39 is 18.2 Å². The van der Waals surface area contributed by atoms with Crippen LogP contribution >= 0.6 is 0 Å². The topological polar surface area (TPSA) is 87.0 Å². The van der Waals surface area contributed by atoms with Gasteiger partial charge in [0.1, 0.15) is 11.9 Å². The quantitative estimate of drug-likeness (QED) is 0.625. The Hall–Kier alpha value is -1.59. The second-order valence-corrected chi connectivity index (χ2v) is 4.35. The van der Waals surface area contributed by atoms with Gasteiger partial charge in [0.05, 0.1) is 6.61 Å². The first-order chi connectivity index (χ1) is 9.06. The predicted octanol–water partition coefficient (Wildman–Crippen LogP) is 1.73. The molecule has 0 aliphatic heterocycles. The van der Waals surface area contributed by atoms with Gasteiger partial charge in [0.15, 0.2) is 6.10 Å². The van der Waals surface area contributed by atoms with Crippen molar-refractivity contribution in [1.82, 2.24) is 0 Å². The van der Waals surface area contributed by atoms with Crippen molar-refractivity contribution in [2.45, 2.75) is 38.4 Å². The molecule has 1 rings (SSSR count). The van der Waals surface area contributed by atoms with Crippen LogP contribution in [-0.4, -0.2) is 34.0 Å². The molecular formula is C14H20O5. The maximum atomic E-state index is 10.5. The van der Waals surface area contributed by atoms with Crippen LogP contribution in [0.25, 0.3) is 0 Å². The average molecular weight is 268 g/mol. The Morgan fingerprint density at radius 1 is 1.21 bits per heavy atom. The molecule has 0 amide bonds. The van der Waals surface area contributed by atoms with Crippen molar-refractivity contribution in [3.8, 4) is 5.75 Å². The molecule has 0 saturated heterocycles. The van der Waals surface area contributed by atoms with Crippen molar-refractivity contribution in [2.75, 3.05) is 6.61 Å². The van der Waals surface area contributed by atoms with E-state index in [4.69, 9.17) is 9.84 Å². The lowest BCUT2D eigenvalue weighted by Gasteiger charge is -2.14. The molecule has 0 fully saturated rings. The smallest absolute Gasteiger partial charge is 0.335 e. The molecule has 0 saturated carbocycles. The van der Waals surface area contributed by atoms with Gasteiger partial charge >= 0.3 is 5.97 Å². The summed E-state index contributed by atoms with van der Waals surface area (Å²) < 4.78 is 5.49. The van der Waals surface area contributed by atoms with Crippen LogP contribution in [0.5, 0.6) is 5.75 Å². The van der Waals surface area contributed by atoms with E-state index in [1.807, 2.05) is 0 Å². The summed E-state index contributed by atoms with van der Waals surface area (Å²) in [5.74, 6) is -0.788. The number of benzene rings is 1. The van der Waals surface area contributed by atoms with Gasteiger partial charge in [-0.15, -0.1) is 0 Å². The van der Waals surface area contributed by atoms with Crippen molar-refractivity contribution < 1.29 is 24.9 Å². The van der Waals surface area contributed by atoms with Gasteiger partial charge in [0.2, 0.25) is 0 Å². The SMILES string of the molecule is CCCCCOc1ccc(C(O)C(O)C(=O)O)cc1. The molecule has 0 heterocycles. The highest BCUT2D eigenvalue weighted by Gasteiger charge is 2.24. The Morgan fingerprint density at radius 3 is 2.37 bits per heavy atom. The number of carboxylic acid groups (broad SMARTS) is 1. The summed E-state index contributed by atoms with van der Waals surface area (Å²) in [7, 11) is 0. The zero-order valence-electron chi connectivity index (χ0n) is 11.0. The number of hydrogen-bond donors (Lipinski definition) is 3. The fourth-order valence-electron chi connectivity index (χ4n) is 1.62. The summed E-state index contributed by atoms with van der Waals surface area (Å²) in [6, 6.07) is 6.40. The number of carboxylic acids is 1. The molecule has 106 valence electrons. The predicted molar refractivity (Wildman–Crippen MR) is 70.1 cm³/mol. The first-order valence-electron chi connectivity index (χ1n) is 6.38. The maximum Gasteiger partial charge on any atom is 0.335 e. The number of unbranched alkanes of at least 4 members (excludes halogenated alkanes) is 2. The minimum Gasteiger partial charge on any atom is -0.494 e. The summed E-state index contributed by atoms with van der Waals surface area (Å²) >= 11 is 0. The van der Waals surface area contributed by atoms with E-state index in [9.17, 15) is 15.0 Å². The second-order valence-electron chi connectivity index (χ2n) is 4.35. The minimum atomic E-state index is -1.82. The van der Waals surface area contributed by atoms with Crippen LogP contribution in [0.3, 0.4) is 0 Å². The number of aliphatic hydroxyl groups excluding tert-OH is 2. The number of aliphatic carboxylic acids is 1. The highest BCUT2D eigenvalue weighted by atomic mass is 16.5. The molecule has 1 aromatic rings. The Morgan fingerprint density at radius 2 is 1.84 bits per heavy atom. The molecule has 0 aliphatic rings. The van der Waals surface area contributed by atoms with E-state index in [1.165, 1.54) is 0 Å². The highest BCUT2D eigenvalue weighted by Crippen LogP contribution is 2.20. The van der Waals surface area contributed by atoms with E-state index in [2.05, 4.69) is 6.92 Å². The van der Waals surface area contributed by atoms with E-state index in [-0.39, 0.29) is 0 Å². The summed E-state index contributed by atoms with van der Waals surface area (Å²) in [5.41, 5.74) is 0.343. The van der Waals surface area contributed by atoms with Crippen LogP contribution in [0.2, 0.25) is 0 Å². The van der Waals surface area contributed by atoms with E-state index in [0.717, 1.165) is 19.3 Å². The zero-order valence-corrected chi connectivity index (χ0v) is 11.0. The lowest BCUT2D eigenvalue weighted by Crippen LogP contribution is -2.27. The summed E-state index contributed by atoms with van der Waals surface area (Å²) in [5, 5.41) is 27.5. The van der Waals surface area contributed by atoms with Crippen molar-refractivity contribution in [3.63, 3.8) is 0 Å². The summed E-state index contributed by atoms with van der Waals surface area (Å²) in [4.78, 5) is 10.5. The van der Waals surface area contributed by atoms with Gasteiger partial charge in [-0.3, -0.25) is 0 Å². The van der Waals surface area contributed by atoms with Gasteiger partial charge < -0.3 is 20.1 Å². The first kappa shape index (κ1) is 15.5. The Bertz CT molecular complexity index is 387. The maximum absolute atomic E-state index is 10.5. The molecule has 5 nitrogen and oxygen atoms in total. The van der Waals surface area contributed by atoms with Gasteiger partial charge in [-0.25, -0.2) is 4.79 Å². The van der Waals surface area contributed by atoms with Crippen LogP contribution in [-0.2, 0) is 4.79 Å². The van der Waals surface area contributed by atoms with Gasteiger partial charge in [-0.2, -0.15) is 0 Å². The number of hydrogen-bond acceptors (Lipinski definition) is 4. The molecule has 2 atom stereocenters. The van der Waals surface area contributed by atoms with Gasteiger partial charge in [-0.1, -0.05) is 31.9 Å². The van der Waals surface area contributed by atoms with Crippen LogP contribution < -0.4 is 4.74 Å². The summed E-state index contributed by atoms with van der Waals surface area (Å²) in [6.07, 6.45) is -0.0372. The van der Waals surface area contributed by atoms with Gasteiger partial charge in [-0.05, 0) is 24.1 Å². The lowest BCUT2D eigenvalue weighted by atomic mass is 10.0. The molecule has 0 spiro atoms. The molecule has 5 heteroatoms. The van der Waals surface area contributed by atoms with Crippen molar-refractivity contribution in [3.05, 3.63) is 29.8 Å². The standard InChI is InChI=1S/C14H20O5/c1-2-3-4-9-19-11-7-5-10(6-8-11)12(15)13(16)14(17)18/h5-8,12-13,15-16H,2-4,9H2,1H3,(H,17,18). The number of aliphatic hydroxyl groups is 2. The second kappa shape index (κ2) is 7.76. The molecule has 19 heavy (non-hydrogen) atoms. The molecule has 0 bridgehead atoms. The van der Waals surface area contributed by atoms with Crippen LogP contribution in [0.1, 0.15) is 37.9 Å². The Balaban J connectivity index is 2.53. The Kier molecular flexibility index (Phi) is 6.32. The van der Waals surface area contributed by atoms with Crippen molar-refractivity contribution in [2.24, 2.45) is 0 Å². The molecule has 2 unspecified atom stereocenters. The van der Waals surface area contributed by atoms with Crippen molar-refractivity contribution in [1.29, 1.82) is 0 Å². The third-order valence-corrected chi connectivity index (χ3v) is 2.79. The van der Waals surface area contributed by atoms with Gasteiger partial charge in [0.25, 0.3) is 0 Å². The monoisotopic (exact) mass is 268 g/mol. The zero-order chi connectivity index (χ0) is 14.3. The molecular weight excluding hydrogens is 248 g/mol. The number of carbonyl (C=O) groups is 1. The third-order valence-electron chi connectivity index (χ3n) is 2.79. The molecule has 1 aromatic carbocycles. The van der Waals surface area contributed by atoms with E-state index in [1.54, 1.807) is 24.3 Å². The molecule has 0 aliphatic carbocycles. The number of rotatable bonds is 8.